The van der Waals surface area contributed by atoms with Crippen LogP contribution < -0.4 is 5.32 Å². The molecule has 7 nitrogen and oxygen atoms in total. The number of nitriles is 1. The summed E-state index contributed by atoms with van der Waals surface area (Å²) in [6.45, 7) is 1.27. The Hall–Kier alpha value is -2.53. The molecule has 1 saturated carbocycles. The van der Waals surface area contributed by atoms with Crippen molar-refractivity contribution in [3.8, 4) is 6.07 Å². The van der Waals surface area contributed by atoms with Gasteiger partial charge < -0.3 is 15.1 Å². The molecule has 0 radical (unpaired) electrons. The zero-order valence-electron chi connectivity index (χ0n) is 16.2. The molecule has 1 aromatic carbocycles. The van der Waals surface area contributed by atoms with Crippen LogP contribution >= 0.6 is 11.8 Å². The second kappa shape index (κ2) is 8.46. The van der Waals surface area contributed by atoms with E-state index in [0.29, 0.717) is 48.8 Å². The number of carbonyl (C=O) groups is 3. The summed E-state index contributed by atoms with van der Waals surface area (Å²) in [4.78, 5) is 41.6. The number of hydrogen-bond donors (Lipinski definition) is 1. The molecule has 4 rings (SSSR count). The normalized spacial score (nSPS) is 22.2. The van der Waals surface area contributed by atoms with Crippen molar-refractivity contribution in [3.05, 3.63) is 29.8 Å². The highest BCUT2D eigenvalue weighted by Crippen LogP contribution is 2.33. The van der Waals surface area contributed by atoms with Crippen LogP contribution in [0.25, 0.3) is 0 Å². The van der Waals surface area contributed by atoms with Gasteiger partial charge in [-0.05, 0) is 49.9 Å². The van der Waals surface area contributed by atoms with Gasteiger partial charge in [-0.2, -0.15) is 5.26 Å². The SMILES string of the molecule is N#Cc1ccc(NC(=O)C2CSCN2C(=O)C2CCN(C(=O)C3CC3)CC2)cc1. The minimum Gasteiger partial charge on any atom is -0.342 e. The van der Waals surface area contributed by atoms with Crippen LogP contribution in [-0.2, 0) is 14.4 Å². The van der Waals surface area contributed by atoms with Gasteiger partial charge >= 0.3 is 0 Å². The van der Waals surface area contributed by atoms with E-state index in [1.807, 2.05) is 11.0 Å². The fourth-order valence-corrected chi connectivity index (χ4v) is 5.06. The Balaban J connectivity index is 1.33. The van der Waals surface area contributed by atoms with Crippen LogP contribution in [0.15, 0.2) is 24.3 Å². The quantitative estimate of drug-likeness (QED) is 0.817. The lowest BCUT2D eigenvalue weighted by molar-refractivity contribution is -0.143. The number of carbonyl (C=O) groups excluding carboxylic acids is 3. The standard InChI is InChI=1S/C21H24N4O3S/c22-11-14-1-5-17(6-2-14)23-19(26)18-12-29-13-25(18)21(28)16-7-9-24(10-8-16)20(27)15-3-4-15/h1-2,5-6,15-16,18H,3-4,7-10,12-13H2,(H,23,26). The van der Waals surface area contributed by atoms with E-state index in [2.05, 4.69) is 5.32 Å². The summed E-state index contributed by atoms with van der Waals surface area (Å²) in [6, 6.07) is 8.24. The highest BCUT2D eigenvalue weighted by molar-refractivity contribution is 7.99. The van der Waals surface area contributed by atoms with Crippen LogP contribution in [0.4, 0.5) is 5.69 Å². The van der Waals surface area contributed by atoms with E-state index in [0.717, 1.165) is 12.8 Å². The number of nitrogens with zero attached hydrogens (tertiary/aromatic N) is 3. The Kier molecular flexibility index (Phi) is 5.76. The maximum atomic E-state index is 13.1. The second-order valence-corrected chi connectivity index (χ2v) is 8.88. The fourth-order valence-electron chi connectivity index (χ4n) is 3.90. The summed E-state index contributed by atoms with van der Waals surface area (Å²) in [7, 11) is 0. The second-order valence-electron chi connectivity index (χ2n) is 7.88. The first kappa shape index (κ1) is 19.8. The largest absolute Gasteiger partial charge is 0.342 e. The van der Waals surface area contributed by atoms with Gasteiger partial charge in [-0.3, -0.25) is 14.4 Å². The molecule has 1 N–H and O–H groups in total. The number of amides is 3. The molecule has 0 spiro atoms. The summed E-state index contributed by atoms with van der Waals surface area (Å²) in [5, 5.41) is 11.7. The predicted octanol–water partition coefficient (Wildman–Crippen LogP) is 2.05. The summed E-state index contributed by atoms with van der Waals surface area (Å²) in [6.07, 6.45) is 3.34. The lowest BCUT2D eigenvalue weighted by Gasteiger charge is -2.34. The molecule has 2 heterocycles. The molecule has 1 aliphatic carbocycles. The zero-order chi connectivity index (χ0) is 20.4. The van der Waals surface area contributed by atoms with Gasteiger partial charge in [-0.1, -0.05) is 0 Å². The Morgan fingerprint density at radius 3 is 2.28 bits per heavy atom. The third-order valence-corrected chi connectivity index (χ3v) is 6.84. The molecule has 8 heteroatoms. The number of piperidine rings is 1. The lowest BCUT2D eigenvalue weighted by atomic mass is 9.94. The molecule has 2 aliphatic heterocycles. The minimum absolute atomic E-state index is 0.0218. The van der Waals surface area contributed by atoms with Crippen LogP contribution in [-0.4, -0.2) is 58.3 Å². The van der Waals surface area contributed by atoms with Crippen LogP contribution in [0.3, 0.4) is 0 Å². The van der Waals surface area contributed by atoms with Gasteiger partial charge in [0.1, 0.15) is 6.04 Å². The number of anilines is 1. The molecule has 0 aromatic heterocycles. The molecule has 29 heavy (non-hydrogen) atoms. The first-order valence-electron chi connectivity index (χ1n) is 10.0. The van der Waals surface area contributed by atoms with E-state index in [1.54, 1.807) is 40.9 Å². The van der Waals surface area contributed by atoms with Crippen LogP contribution in [0.2, 0.25) is 0 Å². The highest BCUT2D eigenvalue weighted by atomic mass is 32.2. The van der Waals surface area contributed by atoms with E-state index >= 15 is 0 Å². The van der Waals surface area contributed by atoms with E-state index in [4.69, 9.17) is 5.26 Å². The Morgan fingerprint density at radius 2 is 1.66 bits per heavy atom. The van der Waals surface area contributed by atoms with Gasteiger partial charge in [-0.25, -0.2) is 0 Å². The molecule has 3 fully saturated rings. The maximum Gasteiger partial charge on any atom is 0.248 e. The van der Waals surface area contributed by atoms with E-state index < -0.39 is 6.04 Å². The summed E-state index contributed by atoms with van der Waals surface area (Å²) < 4.78 is 0. The fraction of sp³-hybridized carbons (Fsp3) is 0.524. The van der Waals surface area contributed by atoms with Crippen molar-refractivity contribution in [3.63, 3.8) is 0 Å². The highest BCUT2D eigenvalue weighted by Gasteiger charge is 2.40. The number of likely N-dealkylation sites (tertiary alicyclic amines) is 1. The van der Waals surface area contributed by atoms with Crippen molar-refractivity contribution in [2.45, 2.75) is 31.7 Å². The first-order valence-corrected chi connectivity index (χ1v) is 11.2. The minimum atomic E-state index is -0.491. The van der Waals surface area contributed by atoms with Crippen molar-refractivity contribution < 1.29 is 14.4 Å². The average molecular weight is 413 g/mol. The van der Waals surface area contributed by atoms with Crippen LogP contribution in [0, 0.1) is 23.2 Å². The molecule has 1 atom stereocenters. The van der Waals surface area contributed by atoms with Crippen molar-refractivity contribution in [2.24, 2.45) is 11.8 Å². The smallest absolute Gasteiger partial charge is 0.248 e. The summed E-state index contributed by atoms with van der Waals surface area (Å²) in [5.41, 5.74) is 1.15. The maximum absolute atomic E-state index is 13.1. The van der Waals surface area contributed by atoms with Gasteiger partial charge in [0.25, 0.3) is 0 Å². The molecule has 3 aliphatic rings. The number of benzene rings is 1. The Labute approximate surface area is 174 Å². The molecule has 1 unspecified atom stereocenters. The molecule has 3 amide bonds. The monoisotopic (exact) mass is 412 g/mol. The van der Waals surface area contributed by atoms with Gasteiger partial charge in [0.05, 0.1) is 17.5 Å². The summed E-state index contributed by atoms with van der Waals surface area (Å²) in [5.74, 6) is 1.25. The van der Waals surface area contributed by atoms with Crippen molar-refractivity contribution in [1.29, 1.82) is 5.26 Å². The van der Waals surface area contributed by atoms with Gasteiger partial charge in [0, 0.05) is 36.4 Å². The number of rotatable bonds is 4. The van der Waals surface area contributed by atoms with Gasteiger partial charge in [-0.15, -0.1) is 11.8 Å². The average Bonchev–Trinajstić information content (AvgIpc) is 3.49. The lowest BCUT2D eigenvalue weighted by Crippen LogP contribution is -2.49. The zero-order valence-corrected chi connectivity index (χ0v) is 17.0. The topological polar surface area (TPSA) is 93.5 Å². The Bertz CT molecular complexity index is 838. The third kappa shape index (κ3) is 4.40. The van der Waals surface area contributed by atoms with Crippen molar-refractivity contribution in [1.82, 2.24) is 9.80 Å². The predicted molar refractivity (Wildman–Crippen MR) is 110 cm³/mol. The molecule has 2 saturated heterocycles. The van der Waals surface area contributed by atoms with Crippen molar-refractivity contribution >= 4 is 35.2 Å². The van der Waals surface area contributed by atoms with E-state index in [9.17, 15) is 14.4 Å². The van der Waals surface area contributed by atoms with Crippen LogP contribution in [0.5, 0.6) is 0 Å². The van der Waals surface area contributed by atoms with E-state index in [-0.39, 0.29) is 29.6 Å². The van der Waals surface area contributed by atoms with Crippen LogP contribution in [0.1, 0.15) is 31.2 Å². The molecular weight excluding hydrogens is 388 g/mol. The van der Waals surface area contributed by atoms with Crippen molar-refractivity contribution in [2.75, 3.05) is 30.0 Å². The number of thioether (sulfide) groups is 1. The number of nitrogens with one attached hydrogen (secondary N) is 1. The molecule has 152 valence electrons. The van der Waals surface area contributed by atoms with Gasteiger partial charge in [0.15, 0.2) is 0 Å². The Morgan fingerprint density at radius 1 is 1.00 bits per heavy atom. The summed E-state index contributed by atoms with van der Waals surface area (Å²) >= 11 is 1.58. The molecule has 1 aromatic rings. The number of hydrogen-bond acceptors (Lipinski definition) is 5. The first-order chi connectivity index (χ1) is 14.1. The van der Waals surface area contributed by atoms with Gasteiger partial charge in [0.2, 0.25) is 17.7 Å². The third-order valence-electron chi connectivity index (χ3n) is 5.83. The van der Waals surface area contributed by atoms with E-state index in [1.165, 1.54) is 0 Å². The molecule has 0 bridgehead atoms. The molecular formula is C21H24N4O3S.